The molecule has 0 saturated carbocycles. The Morgan fingerprint density at radius 2 is 1.73 bits per heavy atom. The molecule has 3 aliphatic heterocycles. The van der Waals surface area contributed by atoms with Crippen molar-refractivity contribution in [2.24, 2.45) is 5.41 Å². The van der Waals surface area contributed by atoms with Crippen molar-refractivity contribution >= 4 is 40.5 Å². The van der Waals surface area contributed by atoms with Crippen molar-refractivity contribution in [3.05, 3.63) is 83.0 Å². The summed E-state index contributed by atoms with van der Waals surface area (Å²) in [6, 6.07) is 19.0. The second-order valence-electron chi connectivity index (χ2n) is 11.4. The quantitative estimate of drug-likeness (QED) is 0.340. The van der Waals surface area contributed by atoms with Crippen molar-refractivity contribution in [1.29, 1.82) is 0 Å². The van der Waals surface area contributed by atoms with E-state index >= 15 is 0 Å². The largest absolute Gasteiger partial charge is 0.385 e. The fourth-order valence-corrected chi connectivity index (χ4v) is 6.37. The Labute approximate surface area is 237 Å². The highest BCUT2D eigenvalue weighted by atomic mass is 35.5. The molecule has 1 spiro atoms. The number of likely N-dealkylation sites (tertiary alicyclic amines) is 1. The highest BCUT2D eigenvalue weighted by Crippen LogP contribution is 2.37. The van der Waals surface area contributed by atoms with E-state index in [4.69, 9.17) is 16.6 Å². The van der Waals surface area contributed by atoms with Crippen molar-refractivity contribution in [2.75, 3.05) is 49.5 Å². The zero-order chi connectivity index (χ0) is 27.3. The Kier molecular flexibility index (Phi) is 6.18. The minimum atomic E-state index is -0.870. The third kappa shape index (κ3) is 4.58. The van der Waals surface area contributed by atoms with Crippen LogP contribution in [0.25, 0.3) is 5.65 Å². The standard InChI is InChI=1S/C30H32ClN7O2/c31-23-7-5-22(6-8-23)30(40)12-16-36(17-13-30)25-2-1-14-38-26(25)34-28(35-38)33-24-9-3-21(4-10-24)27(39)37-15-11-29(20-37)18-32-19-29/h1-10,14,32,40H,11-13,15-20H2,(H,33,35). The lowest BCUT2D eigenvalue weighted by atomic mass is 9.81. The summed E-state index contributed by atoms with van der Waals surface area (Å²) in [6.07, 6.45) is 4.17. The van der Waals surface area contributed by atoms with Crippen LogP contribution >= 0.6 is 11.6 Å². The number of aliphatic hydroxyl groups is 1. The lowest BCUT2D eigenvalue weighted by molar-refractivity contribution is 0.0118. The first-order valence-corrected chi connectivity index (χ1v) is 14.2. The number of aromatic nitrogens is 3. The van der Waals surface area contributed by atoms with E-state index in [1.807, 2.05) is 71.8 Å². The van der Waals surface area contributed by atoms with Crippen LogP contribution in [0.2, 0.25) is 5.02 Å². The summed E-state index contributed by atoms with van der Waals surface area (Å²) in [7, 11) is 0. The average Bonchev–Trinajstić information content (AvgIpc) is 3.59. The van der Waals surface area contributed by atoms with Crippen molar-refractivity contribution in [1.82, 2.24) is 24.8 Å². The molecule has 7 rings (SSSR count). The van der Waals surface area contributed by atoms with E-state index in [1.54, 1.807) is 4.52 Å². The van der Waals surface area contributed by atoms with Crippen LogP contribution in [-0.4, -0.2) is 69.8 Å². The summed E-state index contributed by atoms with van der Waals surface area (Å²) >= 11 is 6.04. The van der Waals surface area contributed by atoms with Gasteiger partial charge in [0.2, 0.25) is 5.95 Å². The van der Waals surface area contributed by atoms with Crippen LogP contribution in [-0.2, 0) is 5.60 Å². The van der Waals surface area contributed by atoms with Crippen LogP contribution in [0.3, 0.4) is 0 Å². The Balaban J connectivity index is 1.03. The normalized spacial score (nSPS) is 19.6. The highest BCUT2D eigenvalue weighted by Gasteiger charge is 2.44. The van der Waals surface area contributed by atoms with Gasteiger partial charge in [-0.05, 0) is 73.4 Å². The molecule has 0 bridgehead atoms. The van der Waals surface area contributed by atoms with Gasteiger partial charge in [0, 0.05) is 67.2 Å². The maximum atomic E-state index is 13.0. The molecule has 2 aromatic heterocycles. The molecule has 0 atom stereocenters. The van der Waals surface area contributed by atoms with Crippen molar-refractivity contribution in [3.8, 4) is 0 Å². The Hall–Kier alpha value is -3.66. The number of nitrogens with zero attached hydrogens (tertiary/aromatic N) is 5. The molecule has 40 heavy (non-hydrogen) atoms. The average molecular weight is 558 g/mol. The molecule has 10 heteroatoms. The van der Waals surface area contributed by atoms with Crippen LogP contribution in [0.1, 0.15) is 35.2 Å². The van der Waals surface area contributed by atoms with Crippen molar-refractivity contribution in [2.45, 2.75) is 24.9 Å². The lowest BCUT2D eigenvalue weighted by Gasteiger charge is -2.39. The molecule has 3 saturated heterocycles. The molecule has 0 radical (unpaired) electrons. The summed E-state index contributed by atoms with van der Waals surface area (Å²) in [5.74, 6) is 0.579. The second kappa shape index (κ2) is 9.76. The van der Waals surface area contributed by atoms with Gasteiger partial charge in [-0.15, -0.1) is 5.10 Å². The molecule has 4 aromatic rings. The lowest BCUT2D eigenvalue weighted by Crippen LogP contribution is -2.55. The van der Waals surface area contributed by atoms with E-state index in [1.165, 1.54) is 0 Å². The van der Waals surface area contributed by atoms with Gasteiger partial charge in [0.25, 0.3) is 5.91 Å². The molecule has 0 unspecified atom stereocenters. The van der Waals surface area contributed by atoms with Gasteiger partial charge in [0.1, 0.15) is 0 Å². The van der Waals surface area contributed by atoms with Crippen LogP contribution < -0.4 is 15.5 Å². The fraction of sp³-hybridized carbons (Fsp3) is 0.367. The number of fused-ring (bicyclic) bond motifs is 1. The van der Waals surface area contributed by atoms with Gasteiger partial charge < -0.3 is 25.5 Å². The molecule has 3 fully saturated rings. The van der Waals surface area contributed by atoms with E-state index in [9.17, 15) is 9.90 Å². The third-order valence-corrected chi connectivity index (χ3v) is 9.02. The molecular formula is C30H32ClN7O2. The number of carbonyl (C=O) groups excluding carboxylic acids is 1. The predicted molar refractivity (Wildman–Crippen MR) is 155 cm³/mol. The van der Waals surface area contributed by atoms with E-state index in [-0.39, 0.29) is 11.3 Å². The molecule has 2 aromatic carbocycles. The van der Waals surface area contributed by atoms with Gasteiger partial charge in [-0.2, -0.15) is 4.98 Å². The van der Waals surface area contributed by atoms with Gasteiger partial charge in [-0.25, -0.2) is 4.52 Å². The van der Waals surface area contributed by atoms with E-state index in [2.05, 4.69) is 20.6 Å². The van der Waals surface area contributed by atoms with E-state index in [0.29, 0.717) is 42.5 Å². The third-order valence-electron chi connectivity index (χ3n) is 8.77. The number of amides is 1. The number of halogens is 1. The van der Waals surface area contributed by atoms with Gasteiger partial charge in [-0.3, -0.25) is 4.79 Å². The molecule has 9 nitrogen and oxygen atoms in total. The molecule has 3 aliphatic rings. The topological polar surface area (TPSA) is 98.0 Å². The Bertz CT molecular complexity index is 1540. The minimum absolute atomic E-state index is 0.0929. The van der Waals surface area contributed by atoms with E-state index < -0.39 is 5.60 Å². The van der Waals surface area contributed by atoms with Crippen LogP contribution in [0.4, 0.5) is 17.3 Å². The van der Waals surface area contributed by atoms with Crippen molar-refractivity contribution in [3.63, 3.8) is 0 Å². The van der Waals surface area contributed by atoms with Crippen LogP contribution in [0.5, 0.6) is 0 Å². The Morgan fingerprint density at radius 3 is 2.40 bits per heavy atom. The number of hydrogen-bond donors (Lipinski definition) is 3. The zero-order valence-corrected chi connectivity index (χ0v) is 22.9. The predicted octanol–water partition coefficient (Wildman–Crippen LogP) is 4.05. The van der Waals surface area contributed by atoms with Gasteiger partial charge in [-0.1, -0.05) is 23.7 Å². The molecule has 5 heterocycles. The number of hydrogen-bond acceptors (Lipinski definition) is 7. The number of benzene rings is 2. The summed E-state index contributed by atoms with van der Waals surface area (Å²) in [4.78, 5) is 22.0. The van der Waals surface area contributed by atoms with Gasteiger partial charge >= 0.3 is 0 Å². The molecule has 3 N–H and O–H groups in total. The Morgan fingerprint density at radius 1 is 0.975 bits per heavy atom. The SMILES string of the molecule is O=C(c1ccc(Nc2nc3c(N4CCC(O)(c5ccc(Cl)cc5)CC4)cccn3n2)cc1)N1CCC2(CNC2)C1. The van der Waals surface area contributed by atoms with Gasteiger partial charge in [0.15, 0.2) is 5.65 Å². The maximum Gasteiger partial charge on any atom is 0.253 e. The summed E-state index contributed by atoms with van der Waals surface area (Å²) < 4.78 is 1.77. The number of piperidine rings is 1. The number of anilines is 3. The number of nitrogens with one attached hydrogen (secondary N) is 2. The number of rotatable bonds is 5. The highest BCUT2D eigenvalue weighted by molar-refractivity contribution is 6.30. The fourth-order valence-electron chi connectivity index (χ4n) is 6.24. The second-order valence-corrected chi connectivity index (χ2v) is 11.8. The van der Waals surface area contributed by atoms with Crippen molar-refractivity contribution < 1.29 is 9.90 Å². The smallest absolute Gasteiger partial charge is 0.253 e. The summed E-state index contributed by atoms with van der Waals surface area (Å²) in [5, 5.41) is 23.2. The molecule has 206 valence electrons. The number of carbonyl (C=O) groups is 1. The first-order chi connectivity index (χ1) is 19.4. The van der Waals surface area contributed by atoms with Gasteiger partial charge in [0.05, 0.1) is 11.3 Å². The first-order valence-electron chi connectivity index (χ1n) is 13.9. The van der Waals surface area contributed by atoms with E-state index in [0.717, 1.165) is 55.2 Å². The minimum Gasteiger partial charge on any atom is -0.385 e. The molecule has 0 aliphatic carbocycles. The summed E-state index contributed by atoms with van der Waals surface area (Å²) in [6.45, 7) is 5.07. The number of pyridine rings is 1. The maximum absolute atomic E-state index is 13.0. The molecular weight excluding hydrogens is 526 g/mol. The molecule has 1 amide bonds. The zero-order valence-electron chi connectivity index (χ0n) is 22.2. The van der Waals surface area contributed by atoms with Crippen LogP contribution in [0, 0.1) is 5.41 Å². The monoisotopic (exact) mass is 557 g/mol. The first kappa shape index (κ1) is 25.3. The summed E-state index contributed by atoms with van der Waals surface area (Å²) in [5.41, 5.74) is 3.57. The van der Waals surface area contributed by atoms with Crippen LogP contribution in [0.15, 0.2) is 66.9 Å².